The fourth-order valence-corrected chi connectivity index (χ4v) is 3.99. The summed E-state index contributed by atoms with van der Waals surface area (Å²) in [6.45, 7) is 1.71. The third kappa shape index (κ3) is 3.91. The number of nitrogens with zero attached hydrogens (tertiary/aromatic N) is 1. The lowest BCUT2D eigenvalue weighted by molar-refractivity contribution is 0.121. The molecule has 2 aromatic carbocycles. The molecule has 0 radical (unpaired) electrons. The highest BCUT2D eigenvalue weighted by molar-refractivity contribution is 7.92. The van der Waals surface area contributed by atoms with E-state index in [9.17, 15) is 12.8 Å². The Hall–Kier alpha value is -2.32. The van der Waals surface area contributed by atoms with E-state index in [-0.39, 0.29) is 16.7 Å². The van der Waals surface area contributed by atoms with Gasteiger partial charge < -0.3 is 14.4 Å². The van der Waals surface area contributed by atoms with Crippen LogP contribution in [-0.4, -0.2) is 41.8 Å². The molecule has 1 aliphatic heterocycles. The number of anilines is 2. The van der Waals surface area contributed by atoms with E-state index >= 15 is 0 Å². The normalized spacial score (nSPS) is 17.3. The van der Waals surface area contributed by atoms with E-state index in [1.54, 1.807) is 19.2 Å². The molecule has 0 amide bonds. The molecule has 0 spiro atoms. The van der Waals surface area contributed by atoms with Gasteiger partial charge in [-0.25, -0.2) is 12.8 Å². The molecule has 1 aliphatic rings. The molecular weight excluding hydrogens is 359 g/mol. The van der Waals surface area contributed by atoms with Gasteiger partial charge in [-0.05, 0) is 48.9 Å². The fourth-order valence-electron chi connectivity index (χ4n) is 2.92. The van der Waals surface area contributed by atoms with Crippen LogP contribution >= 0.6 is 0 Å². The zero-order valence-corrected chi connectivity index (χ0v) is 15.4. The molecule has 6 nitrogen and oxygen atoms in total. The summed E-state index contributed by atoms with van der Waals surface area (Å²) in [5.41, 5.74) is 1.41. The summed E-state index contributed by atoms with van der Waals surface area (Å²) >= 11 is 0. The lowest BCUT2D eigenvalue weighted by atomic mass is 10.2. The molecule has 8 heteroatoms. The average Bonchev–Trinajstić information content (AvgIpc) is 3.11. The minimum absolute atomic E-state index is 0.00622. The number of hydrogen-bond donors (Lipinski definition) is 1. The molecule has 3 rings (SSSR count). The van der Waals surface area contributed by atoms with Gasteiger partial charge in [-0.1, -0.05) is 0 Å². The lowest BCUT2D eigenvalue weighted by Crippen LogP contribution is -2.22. The van der Waals surface area contributed by atoms with Gasteiger partial charge in [0.15, 0.2) is 11.6 Å². The van der Waals surface area contributed by atoms with E-state index in [0.29, 0.717) is 5.69 Å². The molecule has 1 heterocycles. The zero-order valence-electron chi connectivity index (χ0n) is 14.6. The third-order valence-corrected chi connectivity index (χ3v) is 5.78. The molecule has 0 saturated carbocycles. The van der Waals surface area contributed by atoms with Gasteiger partial charge >= 0.3 is 0 Å². The van der Waals surface area contributed by atoms with Gasteiger partial charge in [0.1, 0.15) is 0 Å². The van der Waals surface area contributed by atoms with Gasteiger partial charge in [0.05, 0.1) is 18.1 Å². The topological polar surface area (TPSA) is 67.9 Å². The molecule has 1 saturated heterocycles. The Morgan fingerprint density at radius 3 is 2.46 bits per heavy atom. The van der Waals surface area contributed by atoms with Crippen LogP contribution in [0.25, 0.3) is 0 Å². The maximum absolute atomic E-state index is 13.8. The number of benzene rings is 2. The van der Waals surface area contributed by atoms with Crippen molar-refractivity contribution in [1.82, 2.24) is 0 Å². The minimum Gasteiger partial charge on any atom is -0.494 e. The van der Waals surface area contributed by atoms with Gasteiger partial charge in [0.25, 0.3) is 10.0 Å². The summed E-state index contributed by atoms with van der Waals surface area (Å²) in [6.07, 6.45) is 1.19. The van der Waals surface area contributed by atoms with Crippen molar-refractivity contribution in [3.05, 3.63) is 48.3 Å². The molecule has 2 aromatic rings. The largest absolute Gasteiger partial charge is 0.494 e. The first-order valence-corrected chi connectivity index (χ1v) is 9.65. The SMILES string of the molecule is COc1ccc(S(=O)(=O)Nc2ccc(N3CCC(OC)C3)cc2)cc1F. The van der Waals surface area contributed by atoms with E-state index in [4.69, 9.17) is 9.47 Å². The van der Waals surface area contributed by atoms with Crippen LogP contribution in [-0.2, 0) is 14.8 Å². The number of hydrogen-bond acceptors (Lipinski definition) is 5. The first-order chi connectivity index (χ1) is 12.4. The maximum atomic E-state index is 13.8. The molecule has 0 bridgehead atoms. The summed E-state index contributed by atoms with van der Waals surface area (Å²) in [5.74, 6) is -0.735. The van der Waals surface area contributed by atoms with Crippen LogP contribution in [0.2, 0.25) is 0 Å². The quantitative estimate of drug-likeness (QED) is 0.835. The molecule has 1 atom stereocenters. The summed E-state index contributed by atoms with van der Waals surface area (Å²) in [4.78, 5) is 2.02. The van der Waals surface area contributed by atoms with E-state index in [0.717, 1.165) is 31.3 Å². The van der Waals surface area contributed by atoms with Crippen molar-refractivity contribution in [1.29, 1.82) is 0 Å². The number of rotatable bonds is 6. The Bertz CT molecular complexity index is 871. The van der Waals surface area contributed by atoms with Gasteiger partial charge in [0, 0.05) is 31.6 Å². The lowest BCUT2D eigenvalue weighted by Gasteiger charge is -2.19. The number of nitrogens with one attached hydrogen (secondary N) is 1. The number of ether oxygens (including phenoxy) is 2. The van der Waals surface area contributed by atoms with Crippen molar-refractivity contribution >= 4 is 21.4 Å². The summed E-state index contributed by atoms with van der Waals surface area (Å²) in [5, 5.41) is 0. The monoisotopic (exact) mass is 380 g/mol. The van der Waals surface area contributed by atoms with Crippen LogP contribution < -0.4 is 14.4 Å². The maximum Gasteiger partial charge on any atom is 0.262 e. The number of sulfonamides is 1. The minimum atomic E-state index is -3.88. The molecule has 140 valence electrons. The average molecular weight is 380 g/mol. The van der Waals surface area contributed by atoms with Gasteiger partial charge in [-0.2, -0.15) is 0 Å². The van der Waals surface area contributed by atoms with Crippen molar-refractivity contribution in [3.63, 3.8) is 0 Å². The second-order valence-corrected chi connectivity index (χ2v) is 7.72. The second kappa shape index (κ2) is 7.51. The molecular formula is C18H21FN2O4S. The van der Waals surface area contributed by atoms with Crippen molar-refractivity contribution < 1.29 is 22.3 Å². The Morgan fingerprint density at radius 1 is 1.15 bits per heavy atom. The molecule has 26 heavy (non-hydrogen) atoms. The van der Waals surface area contributed by atoms with Crippen LogP contribution in [0.5, 0.6) is 5.75 Å². The first kappa shape index (κ1) is 18.5. The molecule has 1 fully saturated rings. The van der Waals surface area contributed by atoms with Gasteiger partial charge in [0.2, 0.25) is 0 Å². The van der Waals surface area contributed by atoms with E-state index in [1.165, 1.54) is 19.2 Å². The predicted octanol–water partition coefficient (Wildman–Crippen LogP) is 2.86. The smallest absolute Gasteiger partial charge is 0.262 e. The van der Waals surface area contributed by atoms with Crippen molar-refractivity contribution in [3.8, 4) is 5.75 Å². The molecule has 1 unspecified atom stereocenters. The standard InChI is InChI=1S/C18H21FN2O4S/c1-24-15-9-10-21(12-15)14-5-3-13(4-6-14)20-26(22,23)16-7-8-18(25-2)17(19)11-16/h3-8,11,15,20H,9-10,12H2,1-2H3. The third-order valence-electron chi connectivity index (χ3n) is 4.40. The van der Waals surface area contributed by atoms with Crippen LogP contribution in [0.3, 0.4) is 0 Å². The van der Waals surface area contributed by atoms with Crippen LogP contribution in [0.4, 0.5) is 15.8 Å². The Labute approximate surface area is 152 Å². The van der Waals surface area contributed by atoms with Gasteiger partial charge in [-0.3, -0.25) is 4.72 Å². The molecule has 0 aliphatic carbocycles. The summed E-state index contributed by atoms with van der Waals surface area (Å²) in [7, 11) is -0.861. The Balaban J connectivity index is 1.73. The summed E-state index contributed by atoms with van der Waals surface area (Å²) in [6, 6.07) is 10.6. The van der Waals surface area contributed by atoms with Crippen molar-refractivity contribution in [2.45, 2.75) is 17.4 Å². The number of halogens is 1. The van der Waals surface area contributed by atoms with Crippen LogP contribution in [0.15, 0.2) is 47.4 Å². The fraction of sp³-hybridized carbons (Fsp3) is 0.333. The van der Waals surface area contributed by atoms with Crippen molar-refractivity contribution in [2.75, 3.05) is 36.9 Å². The Morgan fingerprint density at radius 2 is 1.88 bits per heavy atom. The van der Waals surface area contributed by atoms with E-state index in [2.05, 4.69) is 9.62 Å². The second-order valence-electron chi connectivity index (χ2n) is 6.04. The zero-order chi connectivity index (χ0) is 18.7. The number of methoxy groups -OCH3 is 2. The first-order valence-electron chi connectivity index (χ1n) is 8.17. The molecule has 0 aromatic heterocycles. The van der Waals surface area contributed by atoms with Crippen LogP contribution in [0, 0.1) is 5.82 Å². The van der Waals surface area contributed by atoms with E-state index in [1.807, 2.05) is 12.1 Å². The predicted molar refractivity (Wildman–Crippen MR) is 97.8 cm³/mol. The molecule has 1 N–H and O–H groups in total. The van der Waals surface area contributed by atoms with Crippen LogP contribution in [0.1, 0.15) is 6.42 Å². The highest BCUT2D eigenvalue weighted by atomic mass is 32.2. The Kier molecular flexibility index (Phi) is 5.33. The highest BCUT2D eigenvalue weighted by Gasteiger charge is 2.22. The van der Waals surface area contributed by atoms with Crippen molar-refractivity contribution in [2.24, 2.45) is 0 Å². The summed E-state index contributed by atoms with van der Waals surface area (Å²) < 4.78 is 51.3. The van der Waals surface area contributed by atoms with Gasteiger partial charge in [-0.15, -0.1) is 0 Å². The highest BCUT2D eigenvalue weighted by Crippen LogP contribution is 2.26. The van der Waals surface area contributed by atoms with E-state index < -0.39 is 15.8 Å².